The number of urea groups is 1. The van der Waals surface area contributed by atoms with Crippen LogP contribution in [0, 0.1) is 18.8 Å². The van der Waals surface area contributed by atoms with Crippen molar-refractivity contribution in [3.05, 3.63) is 107 Å². The van der Waals surface area contributed by atoms with Gasteiger partial charge in [0, 0.05) is 60.2 Å². The van der Waals surface area contributed by atoms with Crippen LogP contribution in [0.4, 0.5) is 21.2 Å². The van der Waals surface area contributed by atoms with E-state index in [9.17, 15) is 19.2 Å². The summed E-state index contributed by atoms with van der Waals surface area (Å²) in [4.78, 5) is 67.8. The van der Waals surface area contributed by atoms with Gasteiger partial charge in [0.25, 0.3) is 5.91 Å². The second-order valence-corrected chi connectivity index (χ2v) is 18.4. The Morgan fingerprint density at radius 1 is 0.925 bits per heavy atom. The maximum Gasteiger partial charge on any atom is 0.419 e. The highest BCUT2D eigenvalue weighted by Gasteiger charge is 2.34. The van der Waals surface area contributed by atoms with Gasteiger partial charge in [0.05, 0.1) is 36.4 Å². The summed E-state index contributed by atoms with van der Waals surface area (Å²) in [6, 6.07) is 21.8. The lowest BCUT2D eigenvalue weighted by Gasteiger charge is -2.33. The van der Waals surface area contributed by atoms with Crippen molar-refractivity contribution in [2.24, 2.45) is 0 Å². The third-order valence-electron chi connectivity index (χ3n) is 12.3. The van der Waals surface area contributed by atoms with Crippen LogP contribution in [-0.4, -0.2) is 90.9 Å². The summed E-state index contributed by atoms with van der Waals surface area (Å²) in [7, 11) is 3.66. The zero-order chi connectivity index (χ0) is 47.2. The van der Waals surface area contributed by atoms with E-state index >= 15 is 0 Å². The molecule has 0 saturated carbocycles. The number of unbranched alkanes of at least 4 members (excludes halogenated alkanes) is 5. The predicted molar refractivity (Wildman–Crippen MR) is 258 cm³/mol. The number of nitrogens with one attached hydrogen (secondary N) is 1. The lowest BCUT2D eigenvalue weighted by Crippen LogP contribution is -2.52. The third kappa shape index (κ3) is 10.8. The largest absolute Gasteiger partial charge is 0.497 e. The van der Waals surface area contributed by atoms with Crippen LogP contribution < -0.4 is 15.0 Å². The number of methoxy groups -OCH3 is 1. The molecule has 67 heavy (non-hydrogen) atoms. The molecule has 6 heterocycles. The fraction of sp³-hybridized carbons (Fsp3) is 0.404. The molecule has 8 rings (SSSR count). The number of hydrogen-bond donors (Lipinski definition) is 1. The van der Waals surface area contributed by atoms with Crippen LogP contribution in [-0.2, 0) is 22.6 Å². The van der Waals surface area contributed by atoms with Crippen LogP contribution in [0.5, 0.6) is 5.75 Å². The van der Waals surface area contributed by atoms with Crippen LogP contribution in [0.25, 0.3) is 21.8 Å². The molecule has 6 aromatic rings. The number of carbonyl (C=O) groups excluding carboxylic acids is 4. The fourth-order valence-corrected chi connectivity index (χ4v) is 8.85. The molecular formula is C52H59N9O6. The molecule has 0 spiro atoms. The molecule has 1 atom stereocenters. The Bertz CT molecular complexity index is 2870. The van der Waals surface area contributed by atoms with Crippen LogP contribution in [0.3, 0.4) is 0 Å². The molecule has 4 aromatic heterocycles. The molecule has 0 bridgehead atoms. The van der Waals surface area contributed by atoms with Crippen LogP contribution in [0.2, 0.25) is 0 Å². The van der Waals surface area contributed by atoms with E-state index in [2.05, 4.69) is 39.1 Å². The third-order valence-corrected chi connectivity index (χ3v) is 12.3. The quantitative estimate of drug-likeness (QED) is 0.0825. The number of nitrogens with zero attached hydrogens (tertiary/aromatic N) is 8. The topological polar surface area (TPSA) is 157 Å². The number of imide groups is 1. The number of pyridine rings is 2. The van der Waals surface area contributed by atoms with Crippen LogP contribution >= 0.6 is 0 Å². The van der Waals surface area contributed by atoms with Gasteiger partial charge >= 0.3 is 12.1 Å². The molecule has 348 valence electrons. The number of aromatic nitrogens is 5. The van der Waals surface area contributed by atoms with Gasteiger partial charge in [-0.3, -0.25) is 29.0 Å². The maximum atomic E-state index is 13.7. The van der Waals surface area contributed by atoms with Crippen molar-refractivity contribution in [1.29, 1.82) is 0 Å². The Morgan fingerprint density at radius 3 is 2.48 bits per heavy atom. The Kier molecular flexibility index (Phi) is 14.0. The van der Waals surface area contributed by atoms with Gasteiger partial charge in [-0.05, 0) is 121 Å². The second kappa shape index (κ2) is 20.2. The Hall–Kier alpha value is -7.05. The number of amides is 4. The average Bonchev–Trinajstić information content (AvgIpc) is 4.00. The molecule has 2 aliphatic rings. The van der Waals surface area contributed by atoms with Crippen LogP contribution in [0.1, 0.15) is 118 Å². The van der Waals surface area contributed by atoms with Crippen molar-refractivity contribution in [3.63, 3.8) is 0 Å². The number of benzene rings is 2. The summed E-state index contributed by atoms with van der Waals surface area (Å²) in [5.41, 5.74) is 4.51. The summed E-state index contributed by atoms with van der Waals surface area (Å²) in [5, 5.41) is 9.58. The highest BCUT2D eigenvalue weighted by Crippen LogP contribution is 2.35. The summed E-state index contributed by atoms with van der Waals surface area (Å²) in [5.74, 6) is 7.40. The fourth-order valence-electron chi connectivity index (χ4n) is 8.85. The van der Waals surface area contributed by atoms with Gasteiger partial charge in [0.15, 0.2) is 0 Å². The van der Waals surface area contributed by atoms with E-state index < -0.39 is 17.7 Å². The number of likely N-dealkylation sites (tertiary alicyclic amines) is 1. The number of hydrogen-bond acceptors (Lipinski definition) is 10. The Labute approximate surface area is 391 Å². The van der Waals surface area contributed by atoms with E-state index in [-0.39, 0.29) is 37.4 Å². The van der Waals surface area contributed by atoms with Crippen molar-refractivity contribution in [2.75, 3.05) is 37.5 Å². The monoisotopic (exact) mass is 905 g/mol. The van der Waals surface area contributed by atoms with Gasteiger partial charge in [-0.25, -0.2) is 24.1 Å². The van der Waals surface area contributed by atoms with Gasteiger partial charge in [-0.2, -0.15) is 5.10 Å². The predicted octanol–water partition coefficient (Wildman–Crippen LogP) is 9.65. The molecule has 1 N–H and O–H groups in total. The summed E-state index contributed by atoms with van der Waals surface area (Å²) < 4.78 is 14.7. The standard InChI is InChI=1S/C52H59N9O6/c1-35-41-25-22-37(49(63)55-46-32-43-38(33-53-46)31-45(42-18-15-27-57(42)5)61(43)51(65)67-52(2,3)4)30-44(41)60(56-35)28-13-11-9-7-8-10-12-16-39-17-14-19-47(54-39)58-29-26-48(62)59(50(58)64)34-36-20-23-40(66-6)24-21-36/h14,17,19-25,30-33,42H,7-11,13,15,18,26-29,34H2,1-6H3,(H,53,55,63)/t42-/m1/s1. The number of carbonyl (C=O) groups is 4. The smallest absolute Gasteiger partial charge is 0.419 e. The first-order valence-corrected chi connectivity index (χ1v) is 23.2. The molecule has 2 aromatic carbocycles. The van der Waals surface area contributed by atoms with E-state index in [1.54, 1.807) is 41.0 Å². The summed E-state index contributed by atoms with van der Waals surface area (Å²) >= 11 is 0. The summed E-state index contributed by atoms with van der Waals surface area (Å²) in [6.07, 6.45) is 9.16. The van der Waals surface area contributed by atoms with Gasteiger partial charge in [-0.15, -0.1) is 0 Å². The first-order chi connectivity index (χ1) is 32.3. The van der Waals surface area contributed by atoms with Crippen molar-refractivity contribution < 1.29 is 28.7 Å². The molecule has 0 aliphatic carbocycles. The lowest BCUT2D eigenvalue weighted by molar-refractivity contribution is -0.129. The highest BCUT2D eigenvalue weighted by atomic mass is 16.6. The molecule has 2 saturated heterocycles. The van der Waals surface area contributed by atoms with E-state index in [0.29, 0.717) is 34.2 Å². The summed E-state index contributed by atoms with van der Waals surface area (Å²) in [6.45, 7) is 9.65. The Morgan fingerprint density at radius 2 is 1.72 bits per heavy atom. The molecule has 2 fully saturated rings. The lowest BCUT2D eigenvalue weighted by atomic mass is 10.1. The molecule has 0 unspecified atom stereocenters. The second-order valence-electron chi connectivity index (χ2n) is 18.4. The molecule has 2 aliphatic heterocycles. The van der Waals surface area contributed by atoms with Crippen molar-refractivity contribution in [3.8, 4) is 17.6 Å². The van der Waals surface area contributed by atoms with E-state index in [0.717, 1.165) is 97.7 Å². The SMILES string of the molecule is COc1ccc(CN2C(=O)CCN(c3cccc(C#CCCCCCCCn4nc(C)c5ccc(C(=O)Nc6cc7c(cn6)cc([C@H]6CCCN6C)n7C(=O)OC(C)(C)C)cc54)n3)C2=O)cc1. The van der Waals surface area contributed by atoms with E-state index in [4.69, 9.17) is 14.6 Å². The number of ether oxygens (including phenoxy) is 2. The van der Waals surface area contributed by atoms with Gasteiger partial charge in [0.2, 0.25) is 5.91 Å². The van der Waals surface area contributed by atoms with E-state index in [1.165, 1.54) is 4.90 Å². The molecular weight excluding hydrogens is 847 g/mol. The molecule has 0 radical (unpaired) electrons. The van der Waals surface area contributed by atoms with Gasteiger partial charge in [-0.1, -0.05) is 49.4 Å². The minimum atomic E-state index is -0.680. The zero-order valence-electron chi connectivity index (χ0n) is 39.3. The highest BCUT2D eigenvalue weighted by molar-refractivity contribution is 6.07. The van der Waals surface area contributed by atoms with Crippen molar-refractivity contribution in [1.82, 2.24) is 34.1 Å². The van der Waals surface area contributed by atoms with Crippen LogP contribution in [0.15, 0.2) is 79.0 Å². The van der Waals surface area contributed by atoms with Gasteiger partial charge < -0.3 is 14.8 Å². The number of aryl methyl sites for hydroxylation is 2. The average molecular weight is 906 g/mol. The number of anilines is 2. The first-order valence-electron chi connectivity index (χ1n) is 23.2. The minimum absolute atomic E-state index is 0.0698. The van der Waals surface area contributed by atoms with Crippen molar-refractivity contribution >= 4 is 57.4 Å². The van der Waals surface area contributed by atoms with E-state index in [1.807, 2.05) is 87.0 Å². The number of fused-ring (bicyclic) bond motifs is 2. The van der Waals surface area contributed by atoms with Crippen molar-refractivity contribution in [2.45, 2.75) is 110 Å². The number of rotatable bonds is 14. The zero-order valence-corrected chi connectivity index (χ0v) is 39.3. The molecule has 15 nitrogen and oxygen atoms in total. The maximum absolute atomic E-state index is 13.7. The Balaban J connectivity index is 0.826. The molecule has 15 heteroatoms. The first kappa shape index (κ1) is 46.5. The minimum Gasteiger partial charge on any atom is -0.497 e. The normalized spacial score (nSPS) is 15.6. The van der Waals surface area contributed by atoms with Gasteiger partial charge in [0.1, 0.15) is 28.7 Å². The molecule has 4 amide bonds.